The van der Waals surface area contributed by atoms with Crippen molar-refractivity contribution in [3.05, 3.63) is 29.3 Å². The Morgan fingerprint density at radius 2 is 1.74 bits per heavy atom. The number of rotatable bonds is 4. The Balaban J connectivity index is 2.01. The lowest BCUT2D eigenvalue weighted by molar-refractivity contribution is -0.133. The molecular weight excluding hydrogens is 292 g/mol. The molecule has 126 valence electrons. The molecule has 1 aromatic rings. The zero-order valence-corrected chi connectivity index (χ0v) is 14.3. The molecule has 1 heterocycles. The number of methoxy groups -OCH3 is 1. The fourth-order valence-corrected chi connectivity index (χ4v) is 2.96. The second-order valence-electron chi connectivity index (χ2n) is 5.96. The Morgan fingerprint density at radius 1 is 1.09 bits per heavy atom. The van der Waals surface area contributed by atoms with Gasteiger partial charge >= 0.3 is 0 Å². The third-order valence-electron chi connectivity index (χ3n) is 4.28. The molecule has 0 saturated carbocycles. The fourth-order valence-electron chi connectivity index (χ4n) is 2.96. The van der Waals surface area contributed by atoms with Crippen molar-refractivity contribution in [2.24, 2.45) is 0 Å². The standard InChI is InChI=1S/C18H26N2O3/c1-4-17(21)19-8-5-9-20(11-10-19)18(22)13-15-12-14(2)6-7-16(15)23-3/h6-7,12H,4-5,8-11,13H2,1-3H3. The molecule has 1 saturated heterocycles. The van der Waals surface area contributed by atoms with Gasteiger partial charge in [-0.05, 0) is 19.4 Å². The zero-order valence-electron chi connectivity index (χ0n) is 14.3. The molecule has 23 heavy (non-hydrogen) atoms. The average Bonchev–Trinajstić information content (AvgIpc) is 2.80. The average molecular weight is 318 g/mol. The first kappa shape index (κ1) is 17.3. The molecule has 5 nitrogen and oxygen atoms in total. The van der Waals surface area contributed by atoms with Gasteiger partial charge in [0.2, 0.25) is 11.8 Å². The summed E-state index contributed by atoms with van der Waals surface area (Å²) in [7, 11) is 1.62. The van der Waals surface area contributed by atoms with E-state index in [0.717, 1.165) is 29.8 Å². The maximum absolute atomic E-state index is 12.6. The maximum Gasteiger partial charge on any atom is 0.227 e. The number of carbonyl (C=O) groups excluding carboxylic acids is 2. The van der Waals surface area contributed by atoms with Crippen LogP contribution in [0.2, 0.25) is 0 Å². The van der Waals surface area contributed by atoms with Crippen molar-refractivity contribution >= 4 is 11.8 Å². The largest absolute Gasteiger partial charge is 0.496 e. The van der Waals surface area contributed by atoms with E-state index in [-0.39, 0.29) is 11.8 Å². The summed E-state index contributed by atoms with van der Waals surface area (Å²) in [5, 5.41) is 0. The summed E-state index contributed by atoms with van der Waals surface area (Å²) < 4.78 is 5.35. The lowest BCUT2D eigenvalue weighted by atomic mass is 10.1. The Hall–Kier alpha value is -2.04. The van der Waals surface area contributed by atoms with Crippen molar-refractivity contribution in [1.82, 2.24) is 9.80 Å². The number of hydrogen-bond acceptors (Lipinski definition) is 3. The van der Waals surface area contributed by atoms with Crippen LogP contribution in [-0.2, 0) is 16.0 Å². The molecular formula is C18H26N2O3. The van der Waals surface area contributed by atoms with E-state index in [1.54, 1.807) is 7.11 Å². The van der Waals surface area contributed by atoms with E-state index < -0.39 is 0 Å². The number of benzene rings is 1. The molecule has 0 unspecified atom stereocenters. The maximum atomic E-state index is 12.6. The van der Waals surface area contributed by atoms with Crippen LogP contribution < -0.4 is 4.74 Å². The van der Waals surface area contributed by atoms with E-state index in [1.807, 2.05) is 41.8 Å². The van der Waals surface area contributed by atoms with Gasteiger partial charge in [0.25, 0.3) is 0 Å². The summed E-state index contributed by atoms with van der Waals surface area (Å²) in [6.07, 6.45) is 1.70. The summed E-state index contributed by atoms with van der Waals surface area (Å²) in [4.78, 5) is 28.2. The van der Waals surface area contributed by atoms with Gasteiger partial charge in [0.15, 0.2) is 0 Å². The molecule has 1 aromatic carbocycles. The topological polar surface area (TPSA) is 49.9 Å². The molecule has 0 radical (unpaired) electrons. The van der Waals surface area contributed by atoms with Crippen LogP contribution in [0.1, 0.15) is 30.9 Å². The molecule has 0 spiro atoms. The minimum absolute atomic E-state index is 0.0969. The molecule has 0 bridgehead atoms. The molecule has 0 atom stereocenters. The highest BCUT2D eigenvalue weighted by Gasteiger charge is 2.22. The van der Waals surface area contributed by atoms with Crippen molar-refractivity contribution in [3.8, 4) is 5.75 Å². The predicted molar refractivity (Wildman–Crippen MR) is 89.5 cm³/mol. The Morgan fingerprint density at radius 3 is 2.35 bits per heavy atom. The quantitative estimate of drug-likeness (QED) is 0.853. The molecule has 2 amide bonds. The zero-order chi connectivity index (χ0) is 16.8. The first-order valence-electron chi connectivity index (χ1n) is 8.24. The first-order chi connectivity index (χ1) is 11.0. The van der Waals surface area contributed by atoms with E-state index in [2.05, 4.69) is 0 Å². The lowest BCUT2D eigenvalue weighted by Crippen LogP contribution is -2.37. The number of nitrogens with zero attached hydrogens (tertiary/aromatic N) is 2. The van der Waals surface area contributed by atoms with Gasteiger partial charge < -0.3 is 14.5 Å². The Kier molecular flexibility index (Phi) is 6.02. The molecule has 1 aliphatic heterocycles. The van der Waals surface area contributed by atoms with Crippen molar-refractivity contribution in [2.45, 2.75) is 33.1 Å². The highest BCUT2D eigenvalue weighted by molar-refractivity contribution is 5.80. The summed E-state index contributed by atoms with van der Waals surface area (Å²) in [5.74, 6) is 1.01. The Bertz CT molecular complexity index is 571. The lowest BCUT2D eigenvalue weighted by Gasteiger charge is -2.22. The molecule has 1 aliphatic rings. The summed E-state index contributed by atoms with van der Waals surface area (Å²) in [5.41, 5.74) is 2.03. The van der Waals surface area contributed by atoms with Crippen LogP contribution in [0.25, 0.3) is 0 Å². The molecule has 0 aliphatic carbocycles. The van der Waals surface area contributed by atoms with Gasteiger partial charge in [0, 0.05) is 38.2 Å². The molecule has 1 fully saturated rings. The van der Waals surface area contributed by atoms with Gasteiger partial charge in [0.1, 0.15) is 5.75 Å². The van der Waals surface area contributed by atoms with E-state index in [9.17, 15) is 9.59 Å². The third kappa shape index (κ3) is 4.47. The monoisotopic (exact) mass is 318 g/mol. The smallest absolute Gasteiger partial charge is 0.227 e. The van der Waals surface area contributed by atoms with Crippen molar-refractivity contribution < 1.29 is 14.3 Å². The number of ether oxygens (including phenoxy) is 1. The van der Waals surface area contributed by atoms with Gasteiger partial charge in [-0.1, -0.05) is 24.6 Å². The van der Waals surface area contributed by atoms with Crippen molar-refractivity contribution in [3.63, 3.8) is 0 Å². The summed E-state index contributed by atoms with van der Waals surface area (Å²) >= 11 is 0. The van der Waals surface area contributed by atoms with Crippen LogP contribution in [0.3, 0.4) is 0 Å². The minimum atomic E-state index is 0.0969. The van der Waals surface area contributed by atoms with Crippen LogP contribution in [0.15, 0.2) is 18.2 Å². The molecule has 5 heteroatoms. The van der Waals surface area contributed by atoms with Crippen LogP contribution in [0, 0.1) is 6.92 Å². The molecule has 0 aromatic heterocycles. The number of carbonyl (C=O) groups is 2. The van der Waals surface area contributed by atoms with Gasteiger partial charge in [0.05, 0.1) is 13.5 Å². The van der Waals surface area contributed by atoms with Crippen LogP contribution >= 0.6 is 0 Å². The van der Waals surface area contributed by atoms with Crippen LogP contribution in [0.5, 0.6) is 5.75 Å². The van der Waals surface area contributed by atoms with E-state index in [0.29, 0.717) is 32.5 Å². The minimum Gasteiger partial charge on any atom is -0.496 e. The Labute approximate surface area is 138 Å². The van der Waals surface area contributed by atoms with E-state index in [1.165, 1.54) is 0 Å². The second kappa shape index (κ2) is 7.99. The number of amides is 2. The van der Waals surface area contributed by atoms with Gasteiger partial charge in [-0.3, -0.25) is 9.59 Å². The van der Waals surface area contributed by atoms with Gasteiger partial charge in [-0.2, -0.15) is 0 Å². The third-order valence-corrected chi connectivity index (χ3v) is 4.28. The van der Waals surface area contributed by atoms with Crippen molar-refractivity contribution in [1.29, 1.82) is 0 Å². The number of hydrogen-bond donors (Lipinski definition) is 0. The number of aryl methyl sites for hydroxylation is 1. The highest BCUT2D eigenvalue weighted by atomic mass is 16.5. The van der Waals surface area contributed by atoms with Gasteiger partial charge in [-0.15, -0.1) is 0 Å². The SMILES string of the molecule is CCC(=O)N1CCCN(C(=O)Cc2cc(C)ccc2OC)CC1. The molecule has 2 rings (SSSR count). The van der Waals surface area contributed by atoms with Crippen molar-refractivity contribution in [2.75, 3.05) is 33.3 Å². The summed E-state index contributed by atoms with van der Waals surface area (Å²) in [6, 6.07) is 5.89. The van der Waals surface area contributed by atoms with Gasteiger partial charge in [-0.25, -0.2) is 0 Å². The van der Waals surface area contributed by atoms with E-state index in [4.69, 9.17) is 4.74 Å². The normalized spacial score (nSPS) is 15.3. The summed E-state index contributed by atoms with van der Waals surface area (Å²) in [6.45, 7) is 6.57. The van der Waals surface area contributed by atoms with Crippen LogP contribution in [-0.4, -0.2) is 54.9 Å². The molecule has 0 N–H and O–H groups in total. The van der Waals surface area contributed by atoms with E-state index >= 15 is 0 Å². The first-order valence-corrected chi connectivity index (χ1v) is 8.24. The predicted octanol–water partition coefficient (Wildman–Crippen LogP) is 2.02. The highest BCUT2D eigenvalue weighted by Crippen LogP contribution is 2.21. The second-order valence-corrected chi connectivity index (χ2v) is 5.96. The fraction of sp³-hybridized carbons (Fsp3) is 0.556. The van der Waals surface area contributed by atoms with Crippen LogP contribution in [0.4, 0.5) is 0 Å².